The number of halogens is 2. The van der Waals surface area contributed by atoms with Gasteiger partial charge >= 0.3 is 0 Å². The summed E-state index contributed by atoms with van der Waals surface area (Å²) in [5.74, 6) is -1.31. The summed E-state index contributed by atoms with van der Waals surface area (Å²) >= 11 is 0. The van der Waals surface area contributed by atoms with E-state index in [0.29, 0.717) is 0 Å². The highest BCUT2D eigenvalue weighted by molar-refractivity contribution is 5.34. The molecule has 2 nitrogen and oxygen atoms in total. The summed E-state index contributed by atoms with van der Waals surface area (Å²) in [6.07, 6.45) is 3.30. The van der Waals surface area contributed by atoms with Crippen LogP contribution >= 0.6 is 0 Å². The minimum atomic E-state index is -0.653. The Kier molecular flexibility index (Phi) is 3.86. The van der Waals surface area contributed by atoms with Crippen molar-refractivity contribution in [3.05, 3.63) is 34.9 Å². The topological polar surface area (TPSA) is 35.8 Å². The summed E-state index contributed by atoms with van der Waals surface area (Å²) in [4.78, 5) is 0. The standard InChI is InChI=1S/C15H18F2N2/c1-15(2)5-3-4-14(15)19-9-11-12(16)6-10(8-18)7-13(11)17/h6-7,14,19H,3-5,9H2,1-2H3. The van der Waals surface area contributed by atoms with Gasteiger partial charge in [-0.2, -0.15) is 5.26 Å². The number of nitriles is 1. The molecule has 0 aromatic heterocycles. The molecule has 0 saturated heterocycles. The molecule has 1 aromatic carbocycles. The lowest BCUT2D eigenvalue weighted by molar-refractivity contribution is 0.280. The second kappa shape index (κ2) is 5.26. The van der Waals surface area contributed by atoms with Crippen LogP contribution in [-0.2, 0) is 6.54 Å². The molecule has 2 rings (SSSR count). The number of hydrogen-bond donors (Lipinski definition) is 1. The monoisotopic (exact) mass is 264 g/mol. The van der Waals surface area contributed by atoms with E-state index in [1.54, 1.807) is 6.07 Å². The van der Waals surface area contributed by atoms with E-state index in [-0.39, 0.29) is 29.1 Å². The van der Waals surface area contributed by atoms with Gasteiger partial charge in [-0.15, -0.1) is 0 Å². The molecule has 4 heteroatoms. The van der Waals surface area contributed by atoms with Gasteiger partial charge in [-0.05, 0) is 30.4 Å². The van der Waals surface area contributed by atoms with E-state index in [2.05, 4.69) is 19.2 Å². The fraction of sp³-hybridized carbons (Fsp3) is 0.533. The van der Waals surface area contributed by atoms with Gasteiger partial charge in [0.2, 0.25) is 0 Å². The van der Waals surface area contributed by atoms with E-state index in [9.17, 15) is 8.78 Å². The summed E-state index contributed by atoms with van der Waals surface area (Å²) in [6, 6.07) is 4.19. The molecule has 1 aliphatic carbocycles. The molecule has 1 aliphatic rings. The third kappa shape index (κ3) is 2.93. The fourth-order valence-electron chi connectivity index (χ4n) is 2.77. The maximum Gasteiger partial charge on any atom is 0.131 e. The molecule has 0 bridgehead atoms. The molecule has 1 saturated carbocycles. The first-order chi connectivity index (χ1) is 8.94. The minimum absolute atomic E-state index is 0.0138. The SMILES string of the molecule is CC1(C)CCCC1NCc1c(F)cc(C#N)cc1F. The van der Waals surface area contributed by atoms with Crippen LogP contribution in [0, 0.1) is 28.4 Å². The van der Waals surface area contributed by atoms with E-state index in [0.717, 1.165) is 31.4 Å². The average Bonchev–Trinajstić information content (AvgIpc) is 2.67. The minimum Gasteiger partial charge on any atom is -0.309 e. The normalized spacial score (nSPS) is 21.3. The number of nitrogens with zero attached hydrogens (tertiary/aromatic N) is 1. The average molecular weight is 264 g/mol. The van der Waals surface area contributed by atoms with Crippen LogP contribution in [0.25, 0.3) is 0 Å². The lowest BCUT2D eigenvalue weighted by Crippen LogP contribution is -2.37. The molecule has 1 N–H and O–H groups in total. The molecule has 1 atom stereocenters. The molecule has 0 aliphatic heterocycles. The largest absolute Gasteiger partial charge is 0.309 e. The summed E-state index contributed by atoms with van der Waals surface area (Å²) in [6.45, 7) is 4.50. The second-order valence-corrected chi connectivity index (χ2v) is 5.84. The Morgan fingerprint density at radius 2 is 2.00 bits per heavy atom. The van der Waals surface area contributed by atoms with Crippen LogP contribution in [0.4, 0.5) is 8.78 Å². The van der Waals surface area contributed by atoms with Crippen LogP contribution in [0.1, 0.15) is 44.2 Å². The highest BCUT2D eigenvalue weighted by Crippen LogP contribution is 2.37. The zero-order chi connectivity index (χ0) is 14.0. The highest BCUT2D eigenvalue weighted by atomic mass is 19.1. The zero-order valence-corrected chi connectivity index (χ0v) is 11.3. The van der Waals surface area contributed by atoms with Crippen LogP contribution < -0.4 is 5.32 Å². The maximum absolute atomic E-state index is 13.7. The van der Waals surface area contributed by atoms with Crippen molar-refractivity contribution in [1.29, 1.82) is 5.26 Å². The first-order valence-corrected chi connectivity index (χ1v) is 6.55. The molecule has 102 valence electrons. The molecule has 1 unspecified atom stereocenters. The quantitative estimate of drug-likeness (QED) is 0.907. The fourth-order valence-corrected chi connectivity index (χ4v) is 2.77. The Hall–Kier alpha value is -1.47. The van der Waals surface area contributed by atoms with Crippen molar-refractivity contribution in [2.75, 3.05) is 0 Å². The van der Waals surface area contributed by atoms with Crippen LogP contribution in [0.15, 0.2) is 12.1 Å². The van der Waals surface area contributed by atoms with Gasteiger partial charge in [0, 0.05) is 18.2 Å². The lowest BCUT2D eigenvalue weighted by atomic mass is 9.87. The molecule has 19 heavy (non-hydrogen) atoms. The first-order valence-electron chi connectivity index (χ1n) is 6.55. The van der Waals surface area contributed by atoms with Crippen molar-refractivity contribution in [3.63, 3.8) is 0 Å². The first kappa shape index (κ1) is 14.0. The number of nitrogens with one attached hydrogen (secondary N) is 1. The van der Waals surface area contributed by atoms with Crippen molar-refractivity contribution in [2.24, 2.45) is 5.41 Å². The van der Waals surface area contributed by atoms with E-state index in [1.807, 2.05) is 0 Å². The van der Waals surface area contributed by atoms with Gasteiger partial charge in [-0.3, -0.25) is 0 Å². The summed E-state index contributed by atoms with van der Waals surface area (Å²) in [5.41, 5.74) is 0.196. The Bertz CT molecular complexity index is 494. The van der Waals surface area contributed by atoms with Gasteiger partial charge in [0.1, 0.15) is 11.6 Å². The van der Waals surface area contributed by atoms with Crippen LogP contribution in [0.5, 0.6) is 0 Å². The van der Waals surface area contributed by atoms with Crippen LogP contribution in [0.3, 0.4) is 0 Å². The van der Waals surface area contributed by atoms with Crippen molar-refractivity contribution in [3.8, 4) is 6.07 Å². The van der Waals surface area contributed by atoms with Gasteiger partial charge in [0.05, 0.1) is 11.6 Å². The molecule has 0 heterocycles. The summed E-state index contributed by atoms with van der Waals surface area (Å²) in [7, 11) is 0. The van der Waals surface area contributed by atoms with Crippen molar-refractivity contribution < 1.29 is 8.78 Å². The van der Waals surface area contributed by atoms with Crippen LogP contribution in [-0.4, -0.2) is 6.04 Å². The lowest BCUT2D eigenvalue weighted by Gasteiger charge is -2.28. The maximum atomic E-state index is 13.7. The van der Waals surface area contributed by atoms with Crippen LogP contribution in [0.2, 0.25) is 0 Å². The van der Waals surface area contributed by atoms with Gasteiger partial charge in [0.25, 0.3) is 0 Å². The van der Waals surface area contributed by atoms with Gasteiger partial charge in [-0.1, -0.05) is 20.3 Å². The Morgan fingerprint density at radius 3 is 2.47 bits per heavy atom. The third-order valence-corrected chi connectivity index (χ3v) is 4.05. The Labute approximate surface area is 112 Å². The molecular weight excluding hydrogens is 246 g/mol. The Balaban J connectivity index is 2.10. The highest BCUT2D eigenvalue weighted by Gasteiger charge is 2.34. The summed E-state index contributed by atoms with van der Waals surface area (Å²) < 4.78 is 27.5. The Morgan fingerprint density at radius 1 is 1.37 bits per heavy atom. The van der Waals surface area contributed by atoms with E-state index in [4.69, 9.17) is 5.26 Å². The molecule has 0 amide bonds. The molecule has 0 spiro atoms. The second-order valence-electron chi connectivity index (χ2n) is 5.84. The van der Waals surface area contributed by atoms with Crippen molar-refractivity contribution in [2.45, 2.75) is 45.7 Å². The van der Waals surface area contributed by atoms with E-state index < -0.39 is 11.6 Å². The van der Waals surface area contributed by atoms with E-state index in [1.165, 1.54) is 0 Å². The molecular formula is C15H18F2N2. The smallest absolute Gasteiger partial charge is 0.131 e. The van der Waals surface area contributed by atoms with Gasteiger partial charge in [0.15, 0.2) is 0 Å². The third-order valence-electron chi connectivity index (χ3n) is 4.05. The number of rotatable bonds is 3. The number of benzene rings is 1. The molecule has 1 aromatic rings. The molecule has 0 radical (unpaired) electrons. The van der Waals surface area contributed by atoms with Gasteiger partial charge < -0.3 is 5.32 Å². The predicted octanol–water partition coefficient (Wildman–Crippen LogP) is 3.50. The van der Waals surface area contributed by atoms with E-state index >= 15 is 0 Å². The molecule has 1 fully saturated rings. The van der Waals surface area contributed by atoms with Crippen molar-refractivity contribution >= 4 is 0 Å². The van der Waals surface area contributed by atoms with Crippen molar-refractivity contribution in [1.82, 2.24) is 5.32 Å². The predicted molar refractivity (Wildman–Crippen MR) is 69.3 cm³/mol. The van der Waals surface area contributed by atoms with Gasteiger partial charge in [-0.25, -0.2) is 8.78 Å². The zero-order valence-electron chi connectivity index (χ0n) is 11.3. The summed E-state index contributed by atoms with van der Waals surface area (Å²) in [5, 5.41) is 11.9. The number of hydrogen-bond acceptors (Lipinski definition) is 2.